The summed E-state index contributed by atoms with van der Waals surface area (Å²) in [4.78, 5) is 13.3. The van der Waals surface area contributed by atoms with Crippen molar-refractivity contribution in [2.75, 3.05) is 17.2 Å². The van der Waals surface area contributed by atoms with E-state index in [-0.39, 0.29) is 18.6 Å². The Hall–Kier alpha value is -2.99. The molecule has 1 aromatic carbocycles. The SMILES string of the molecule is Cc1ccccc1Nc1cc(-c2ccncc2)nc(N[C@H](CO)C(C)C)n1. The van der Waals surface area contributed by atoms with Gasteiger partial charge in [-0.2, -0.15) is 4.98 Å². The lowest BCUT2D eigenvalue weighted by atomic mass is 10.1. The van der Waals surface area contributed by atoms with Crippen molar-refractivity contribution in [1.29, 1.82) is 0 Å². The van der Waals surface area contributed by atoms with Crippen LogP contribution in [0.25, 0.3) is 11.3 Å². The molecule has 0 saturated heterocycles. The number of para-hydroxylation sites is 1. The third-order valence-electron chi connectivity index (χ3n) is 4.43. The Bertz CT molecular complexity index is 883. The van der Waals surface area contributed by atoms with Crippen molar-refractivity contribution in [2.45, 2.75) is 26.8 Å². The molecule has 2 aromatic heterocycles. The fourth-order valence-corrected chi connectivity index (χ4v) is 2.69. The second-order valence-electron chi connectivity index (χ2n) is 6.82. The van der Waals surface area contributed by atoms with Crippen LogP contribution < -0.4 is 10.6 Å². The number of aromatic nitrogens is 3. The first-order valence-electron chi connectivity index (χ1n) is 9.06. The number of aryl methyl sites for hydroxylation is 1. The number of nitrogens with one attached hydrogen (secondary N) is 2. The van der Waals surface area contributed by atoms with Crippen LogP contribution in [-0.2, 0) is 0 Å². The smallest absolute Gasteiger partial charge is 0.225 e. The highest BCUT2D eigenvalue weighted by Gasteiger charge is 2.15. The summed E-state index contributed by atoms with van der Waals surface area (Å²) >= 11 is 0. The van der Waals surface area contributed by atoms with Crippen LogP contribution in [0.4, 0.5) is 17.5 Å². The molecular formula is C21H25N5O. The largest absolute Gasteiger partial charge is 0.394 e. The van der Waals surface area contributed by atoms with Gasteiger partial charge in [0.2, 0.25) is 5.95 Å². The zero-order valence-electron chi connectivity index (χ0n) is 15.8. The molecule has 0 spiro atoms. The summed E-state index contributed by atoms with van der Waals surface area (Å²) in [6.07, 6.45) is 3.48. The van der Waals surface area contributed by atoms with Crippen molar-refractivity contribution in [3.05, 3.63) is 60.4 Å². The zero-order valence-corrected chi connectivity index (χ0v) is 15.8. The van der Waals surface area contributed by atoms with Gasteiger partial charge in [0, 0.05) is 29.7 Å². The van der Waals surface area contributed by atoms with Crippen LogP contribution in [0.2, 0.25) is 0 Å². The Morgan fingerprint density at radius 1 is 1.04 bits per heavy atom. The second-order valence-corrected chi connectivity index (χ2v) is 6.82. The molecule has 0 radical (unpaired) electrons. The first-order valence-corrected chi connectivity index (χ1v) is 9.06. The molecule has 0 unspecified atom stereocenters. The van der Waals surface area contributed by atoms with Gasteiger partial charge in [0.05, 0.1) is 18.3 Å². The van der Waals surface area contributed by atoms with E-state index in [2.05, 4.69) is 25.6 Å². The van der Waals surface area contributed by atoms with Gasteiger partial charge >= 0.3 is 0 Å². The fraction of sp³-hybridized carbons (Fsp3) is 0.286. The van der Waals surface area contributed by atoms with E-state index in [1.54, 1.807) is 12.4 Å². The molecule has 6 nitrogen and oxygen atoms in total. The molecule has 0 fully saturated rings. The average molecular weight is 363 g/mol. The van der Waals surface area contributed by atoms with Gasteiger partial charge in [0.25, 0.3) is 0 Å². The maximum Gasteiger partial charge on any atom is 0.225 e. The van der Waals surface area contributed by atoms with Crippen LogP contribution in [0.1, 0.15) is 19.4 Å². The summed E-state index contributed by atoms with van der Waals surface area (Å²) in [7, 11) is 0. The highest BCUT2D eigenvalue weighted by molar-refractivity contribution is 5.68. The van der Waals surface area contributed by atoms with Gasteiger partial charge in [-0.1, -0.05) is 32.0 Å². The van der Waals surface area contributed by atoms with Crippen molar-refractivity contribution in [3.63, 3.8) is 0 Å². The molecule has 3 rings (SSSR count). The second kappa shape index (κ2) is 8.60. The fourth-order valence-electron chi connectivity index (χ4n) is 2.69. The topological polar surface area (TPSA) is 83.0 Å². The molecule has 0 aliphatic rings. The Morgan fingerprint density at radius 3 is 2.44 bits per heavy atom. The van der Waals surface area contributed by atoms with Crippen molar-refractivity contribution in [3.8, 4) is 11.3 Å². The third kappa shape index (κ3) is 4.80. The van der Waals surface area contributed by atoms with Gasteiger partial charge in [0.1, 0.15) is 5.82 Å². The predicted octanol–water partition coefficient (Wildman–Crippen LogP) is 4.02. The van der Waals surface area contributed by atoms with Crippen molar-refractivity contribution in [2.24, 2.45) is 5.92 Å². The van der Waals surface area contributed by atoms with E-state index in [1.807, 2.05) is 63.2 Å². The van der Waals surface area contributed by atoms with Gasteiger partial charge in [-0.05, 0) is 36.6 Å². The molecule has 3 N–H and O–H groups in total. The van der Waals surface area contributed by atoms with Crippen LogP contribution in [0, 0.1) is 12.8 Å². The van der Waals surface area contributed by atoms with E-state index in [4.69, 9.17) is 0 Å². The lowest BCUT2D eigenvalue weighted by Crippen LogP contribution is -2.30. The molecule has 3 aromatic rings. The summed E-state index contributed by atoms with van der Waals surface area (Å²) < 4.78 is 0. The van der Waals surface area contributed by atoms with Crippen molar-refractivity contribution >= 4 is 17.5 Å². The molecule has 27 heavy (non-hydrogen) atoms. The van der Waals surface area contributed by atoms with Crippen LogP contribution >= 0.6 is 0 Å². The van der Waals surface area contributed by atoms with E-state index >= 15 is 0 Å². The first-order chi connectivity index (χ1) is 13.1. The summed E-state index contributed by atoms with van der Waals surface area (Å²) in [5, 5.41) is 16.3. The van der Waals surface area contributed by atoms with Gasteiger partial charge in [0.15, 0.2) is 0 Å². The van der Waals surface area contributed by atoms with Crippen LogP contribution in [-0.4, -0.2) is 32.7 Å². The number of anilines is 3. The van der Waals surface area contributed by atoms with E-state index in [0.29, 0.717) is 11.8 Å². The van der Waals surface area contributed by atoms with Gasteiger partial charge in [-0.25, -0.2) is 4.98 Å². The summed E-state index contributed by atoms with van der Waals surface area (Å²) in [6, 6.07) is 13.7. The van der Waals surface area contributed by atoms with E-state index in [9.17, 15) is 5.11 Å². The molecule has 6 heteroatoms. The summed E-state index contributed by atoms with van der Waals surface area (Å²) in [5.74, 6) is 1.41. The average Bonchev–Trinajstić information content (AvgIpc) is 2.68. The van der Waals surface area contributed by atoms with E-state index in [0.717, 1.165) is 22.5 Å². The number of nitrogens with zero attached hydrogens (tertiary/aromatic N) is 3. The molecule has 140 valence electrons. The van der Waals surface area contributed by atoms with Crippen molar-refractivity contribution < 1.29 is 5.11 Å². The molecule has 0 aliphatic heterocycles. The monoisotopic (exact) mass is 363 g/mol. The molecular weight excluding hydrogens is 338 g/mol. The maximum absolute atomic E-state index is 9.64. The standard InChI is InChI=1S/C21H25N5O/c1-14(2)19(13-27)25-21-24-18(16-8-10-22-11-9-16)12-20(26-21)23-17-7-5-4-6-15(17)3/h4-12,14,19,27H,13H2,1-3H3,(H2,23,24,25,26)/t19-/m1/s1. The molecule has 0 aliphatic carbocycles. The lowest BCUT2D eigenvalue weighted by Gasteiger charge is -2.21. The molecule has 2 heterocycles. The normalized spacial score (nSPS) is 12.0. The number of aliphatic hydroxyl groups is 1. The van der Waals surface area contributed by atoms with Gasteiger partial charge in [-0.15, -0.1) is 0 Å². The highest BCUT2D eigenvalue weighted by atomic mass is 16.3. The Morgan fingerprint density at radius 2 is 1.78 bits per heavy atom. The Kier molecular flexibility index (Phi) is 5.98. The van der Waals surface area contributed by atoms with Gasteiger partial charge < -0.3 is 15.7 Å². The summed E-state index contributed by atoms with van der Waals surface area (Å²) in [6.45, 7) is 6.16. The number of hydrogen-bond donors (Lipinski definition) is 3. The van der Waals surface area contributed by atoms with Crippen LogP contribution in [0.5, 0.6) is 0 Å². The third-order valence-corrected chi connectivity index (χ3v) is 4.43. The number of hydrogen-bond acceptors (Lipinski definition) is 6. The number of pyridine rings is 1. The molecule has 0 bridgehead atoms. The van der Waals surface area contributed by atoms with Crippen LogP contribution in [0.3, 0.4) is 0 Å². The number of benzene rings is 1. The van der Waals surface area contributed by atoms with E-state index in [1.165, 1.54) is 0 Å². The molecule has 0 amide bonds. The number of aliphatic hydroxyl groups excluding tert-OH is 1. The maximum atomic E-state index is 9.64. The minimum atomic E-state index is -0.121. The van der Waals surface area contributed by atoms with E-state index < -0.39 is 0 Å². The lowest BCUT2D eigenvalue weighted by molar-refractivity contribution is 0.248. The minimum absolute atomic E-state index is 0.0149. The molecule has 1 atom stereocenters. The van der Waals surface area contributed by atoms with Crippen LogP contribution in [0.15, 0.2) is 54.9 Å². The first kappa shape index (κ1) is 18.8. The van der Waals surface area contributed by atoms with Crippen molar-refractivity contribution in [1.82, 2.24) is 15.0 Å². The van der Waals surface area contributed by atoms with Gasteiger partial charge in [-0.3, -0.25) is 4.98 Å². The minimum Gasteiger partial charge on any atom is -0.394 e. The molecule has 0 saturated carbocycles. The zero-order chi connectivity index (χ0) is 19.2. The predicted molar refractivity (Wildman–Crippen MR) is 109 cm³/mol. The highest BCUT2D eigenvalue weighted by Crippen LogP contribution is 2.25. The summed E-state index contributed by atoms with van der Waals surface area (Å²) in [5.41, 5.74) is 3.86. The Balaban J connectivity index is 1.99. The Labute approximate surface area is 159 Å². The number of rotatable bonds is 7. The quantitative estimate of drug-likeness (QED) is 0.588.